The third kappa shape index (κ3) is 12.7. The van der Waals surface area contributed by atoms with Gasteiger partial charge in [-0.15, -0.1) is 0 Å². The first kappa shape index (κ1) is 17.4. The maximum atomic E-state index is 11.3. The molecule has 0 aliphatic carbocycles. The molecule has 0 aliphatic rings. The highest BCUT2D eigenvalue weighted by atomic mass is 16.5. The normalized spacial score (nSPS) is 9.95. The van der Waals surface area contributed by atoms with Gasteiger partial charge in [-0.2, -0.15) is 0 Å². The first-order valence-corrected chi connectivity index (χ1v) is 6.70. The summed E-state index contributed by atoms with van der Waals surface area (Å²) in [6, 6.07) is 0. The van der Waals surface area contributed by atoms with E-state index in [2.05, 4.69) is 5.32 Å². The Balaban J connectivity index is 3.31. The molecule has 0 aromatic carbocycles. The molecule has 0 aromatic rings. The number of hydrogen-bond acceptors (Lipinski definition) is 4. The Hall–Kier alpha value is -1.59. The Bertz CT molecular complexity index is 291. The summed E-state index contributed by atoms with van der Waals surface area (Å²) < 4.78 is 4.79. The first-order chi connectivity index (χ1) is 9.06. The summed E-state index contributed by atoms with van der Waals surface area (Å²) in [5.74, 6) is -1.18. The summed E-state index contributed by atoms with van der Waals surface area (Å²) >= 11 is 0. The highest BCUT2D eigenvalue weighted by Gasteiger charge is 2.04. The number of esters is 1. The lowest BCUT2D eigenvalue weighted by atomic mass is 10.2. The van der Waals surface area contributed by atoms with Crippen molar-refractivity contribution in [3.63, 3.8) is 0 Å². The number of carbonyl (C=O) groups is 3. The van der Waals surface area contributed by atoms with Gasteiger partial charge in [0.1, 0.15) is 0 Å². The molecule has 6 nitrogen and oxygen atoms in total. The van der Waals surface area contributed by atoms with Crippen molar-refractivity contribution in [1.29, 1.82) is 0 Å². The van der Waals surface area contributed by atoms with Gasteiger partial charge in [0.05, 0.1) is 6.61 Å². The number of amides is 1. The van der Waals surface area contributed by atoms with Crippen molar-refractivity contribution in [3.05, 3.63) is 0 Å². The number of carbonyl (C=O) groups excluding carboxylic acids is 2. The number of unbranched alkanes of at least 4 members (excludes halogenated alkanes) is 2. The van der Waals surface area contributed by atoms with Crippen LogP contribution in [0.2, 0.25) is 0 Å². The predicted molar refractivity (Wildman–Crippen MR) is 69.6 cm³/mol. The predicted octanol–water partition coefficient (Wildman–Crippen LogP) is 1.48. The molecule has 0 saturated heterocycles. The zero-order valence-electron chi connectivity index (χ0n) is 11.4. The first-order valence-electron chi connectivity index (χ1n) is 6.70. The van der Waals surface area contributed by atoms with Crippen LogP contribution in [0.25, 0.3) is 0 Å². The van der Waals surface area contributed by atoms with Gasteiger partial charge in [0.25, 0.3) is 0 Å². The van der Waals surface area contributed by atoms with Crippen LogP contribution in [0.15, 0.2) is 0 Å². The second kappa shape index (κ2) is 11.5. The molecule has 0 heterocycles. The Morgan fingerprint density at radius 3 is 2.37 bits per heavy atom. The van der Waals surface area contributed by atoms with Crippen LogP contribution in [-0.2, 0) is 19.1 Å². The van der Waals surface area contributed by atoms with Crippen molar-refractivity contribution in [2.75, 3.05) is 13.2 Å². The summed E-state index contributed by atoms with van der Waals surface area (Å²) in [5, 5.41) is 11.1. The molecule has 0 bridgehead atoms. The second-order valence-corrected chi connectivity index (χ2v) is 4.21. The molecule has 0 aliphatic heterocycles. The van der Waals surface area contributed by atoms with Crippen LogP contribution in [0.1, 0.15) is 51.9 Å². The zero-order chi connectivity index (χ0) is 14.5. The number of rotatable bonds is 11. The Kier molecular flexibility index (Phi) is 10.5. The molecule has 0 rings (SSSR count). The molecule has 0 aromatic heterocycles. The average Bonchev–Trinajstić information content (AvgIpc) is 2.33. The van der Waals surface area contributed by atoms with Gasteiger partial charge in [-0.25, -0.2) is 0 Å². The minimum Gasteiger partial charge on any atom is -0.481 e. The maximum absolute atomic E-state index is 11.3. The summed E-state index contributed by atoms with van der Waals surface area (Å²) in [7, 11) is 0. The van der Waals surface area contributed by atoms with Gasteiger partial charge in [0.2, 0.25) is 5.91 Å². The number of carboxylic acid groups (broad SMARTS) is 1. The van der Waals surface area contributed by atoms with Crippen LogP contribution in [0.4, 0.5) is 0 Å². The number of hydrogen-bond donors (Lipinski definition) is 2. The van der Waals surface area contributed by atoms with E-state index in [1.807, 2.05) is 0 Å². The third-order valence-corrected chi connectivity index (χ3v) is 2.48. The lowest BCUT2D eigenvalue weighted by molar-refractivity contribution is -0.143. The molecule has 110 valence electrons. The van der Waals surface area contributed by atoms with Gasteiger partial charge in [-0.05, 0) is 26.2 Å². The Labute approximate surface area is 113 Å². The Morgan fingerprint density at radius 1 is 1.00 bits per heavy atom. The van der Waals surface area contributed by atoms with Crippen LogP contribution >= 0.6 is 0 Å². The van der Waals surface area contributed by atoms with Gasteiger partial charge in [0, 0.05) is 25.8 Å². The van der Waals surface area contributed by atoms with Crippen LogP contribution in [0, 0.1) is 0 Å². The fourth-order valence-corrected chi connectivity index (χ4v) is 1.52. The molecule has 2 N–H and O–H groups in total. The van der Waals surface area contributed by atoms with E-state index in [9.17, 15) is 14.4 Å². The molecule has 0 fully saturated rings. The minimum atomic E-state index is -0.883. The second-order valence-electron chi connectivity index (χ2n) is 4.21. The van der Waals surface area contributed by atoms with Crippen molar-refractivity contribution >= 4 is 17.8 Å². The van der Waals surface area contributed by atoms with E-state index in [-0.39, 0.29) is 24.7 Å². The molecular weight excluding hydrogens is 250 g/mol. The van der Waals surface area contributed by atoms with Gasteiger partial charge < -0.3 is 15.2 Å². The average molecular weight is 273 g/mol. The highest BCUT2D eigenvalue weighted by molar-refractivity contribution is 5.76. The lowest BCUT2D eigenvalue weighted by Gasteiger charge is -2.04. The molecule has 0 saturated carbocycles. The van der Waals surface area contributed by atoms with Crippen LogP contribution < -0.4 is 5.32 Å². The van der Waals surface area contributed by atoms with E-state index in [1.165, 1.54) is 0 Å². The number of aliphatic carboxylic acids is 1. The van der Waals surface area contributed by atoms with Crippen molar-refractivity contribution in [1.82, 2.24) is 5.32 Å². The van der Waals surface area contributed by atoms with Crippen molar-refractivity contribution in [2.45, 2.75) is 51.9 Å². The van der Waals surface area contributed by atoms with Crippen molar-refractivity contribution in [3.8, 4) is 0 Å². The monoisotopic (exact) mass is 273 g/mol. The quantitative estimate of drug-likeness (QED) is 0.439. The molecule has 19 heavy (non-hydrogen) atoms. The molecule has 0 unspecified atom stereocenters. The molecule has 6 heteroatoms. The molecular formula is C13H23NO5. The smallest absolute Gasteiger partial charge is 0.305 e. The van der Waals surface area contributed by atoms with Crippen molar-refractivity contribution < 1.29 is 24.2 Å². The summed E-state index contributed by atoms with van der Waals surface area (Å²) in [6.45, 7) is 2.75. The summed E-state index contributed by atoms with van der Waals surface area (Å²) in [6.07, 6.45) is 3.47. The standard InChI is InChI=1S/C13H23NO5/c1-2-19-13(18)9-4-3-5-10-14-11(15)7-6-8-12(16)17/h2-10H2,1H3,(H,14,15)(H,16,17). The van der Waals surface area contributed by atoms with Gasteiger partial charge in [-0.1, -0.05) is 6.42 Å². The van der Waals surface area contributed by atoms with Crippen LogP contribution in [0.5, 0.6) is 0 Å². The fraction of sp³-hybridized carbons (Fsp3) is 0.769. The maximum Gasteiger partial charge on any atom is 0.305 e. The molecule has 0 radical (unpaired) electrons. The molecule has 1 amide bonds. The summed E-state index contributed by atoms with van der Waals surface area (Å²) in [4.78, 5) is 32.5. The SMILES string of the molecule is CCOC(=O)CCCCCNC(=O)CCCC(=O)O. The fourth-order valence-electron chi connectivity index (χ4n) is 1.52. The van der Waals surface area contributed by atoms with E-state index in [4.69, 9.17) is 9.84 Å². The van der Waals surface area contributed by atoms with Gasteiger partial charge in [-0.3, -0.25) is 14.4 Å². The highest BCUT2D eigenvalue weighted by Crippen LogP contribution is 2.01. The minimum absolute atomic E-state index is 0.0208. The largest absolute Gasteiger partial charge is 0.481 e. The topological polar surface area (TPSA) is 92.7 Å². The number of nitrogens with one attached hydrogen (secondary N) is 1. The van der Waals surface area contributed by atoms with E-state index < -0.39 is 5.97 Å². The Morgan fingerprint density at radius 2 is 1.74 bits per heavy atom. The molecule has 0 spiro atoms. The van der Waals surface area contributed by atoms with Crippen molar-refractivity contribution in [2.24, 2.45) is 0 Å². The van der Waals surface area contributed by atoms with E-state index in [0.717, 1.165) is 19.3 Å². The van der Waals surface area contributed by atoms with E-state index in [0.29, 0.717) is 26.0 Å². The van der Waals surface area contributed by atoms with Gasteiger partial charge >= 0.3 is 11.9 Å². The summed E-state index contributed by atoms with van der Waals surface area (Å²) in [5.41, 5.74) is 0. The van der Waals surface area contributed by atoms with Crippen LogP contribution in [-0.4, -0.2) is 36.1 Å². The number of ether oxygens (including phenoxy) is 1. The number of carboxylic acids is 1. The van der Waals surface area contributed by atoms with E-state index >= 15 is 0 Å². The third-order valence-electron chi connectivity index (χ3n) is 2.48. The van der Waals surface area contributed by atoms with Crippen LogP contribution in [0.3, 0.4) is 0 Å². The zero-order valence-corrected chi connectivity index (χ0v) is 11.4. The van der Waals surface area contributed by atoms with Gasteiger partial charge in [0.15, 0.2) is 0 Å². The van der Waals surface area contributed by atoms with E-state index in [1.54, 1.807) is 6.92 Å². The lowest BCUT2D eigenvalue weighted by Crippen LogP contribution is -2.24. The molecule has 0 atom stereocenters.